The van der Waals surface area contributed by atoms with Gasteiger partial charge in [0, 0.05) is 12.3 Å². The molecule has 0 saturated carbocycles. The third kappa shape index (κ3) is 4.48. The van der Waals surface area contributed by atoms with Crippen molar-refractivity contribution in [2.45, 2.75) is 12.5 Å². The molecule has 0 aromatic heterocycles. The summed E-state index contributed by atoms with van der Waals surface area (Å²) in [4.78, 5) is 11.8. The van der Waals surface area contributed by atoms with Crippen molar-refractivity contribution >= 4 is 29.3 Å². The summed E-state index contributed by atoms with van der Waals surface area (Å²) in [5.74, 6) is -0.419. The van der Waals surface area contributed by atoms with Crippen molar-refractivity contribution in [2.24, 2.45) is 0 Å². The standard InChI is InChI=1S/C12H15ClFNO2S/c1-12(17,7-18-2)6-15-11(16)9-4-3-8(14)5-10(9)13/h3-5,17H,6-7H2,1-2H3,(H,15,16)/t12-/m1/s1. The first-order chi connectivity index (χ1) is 8.35. The van der Waals surface area contributed by atoms with E-state index in [2.05, 4.69) is 5.32 Å². The van der Waals surface area contributed by atoms with Crippen LogP contribution in [0.1, 0.15) is 17.3 Å². The van der Waals surface area contributed by atoms with Crippen molar-refractivity contribution < 1.29 is 14.3 Å². The number of aliphatic hydroxyl groups is 1. The number of rotatable bonds is 5. The molecule has 1 amide bonds. The molecule has 0 bridgehead atoms. The van der Waals surface area contributed by atoms with Crippen molar-refractivity contribution in [3.05, 3.63) is 34.6 Å². The lowest BCUT2D eigenvalue weighted by Gasteiger charge is -2.22. The average Bonchev–Trinajstić information content (AvgIpc) is 2.26. The molecule has 0 saturated heterocycles. The van der Waals surface area contributed by atoms with E-state index in [1.165, 1.54) is 23.9 Å². The van der Waals surface area contributed by atoms with Crippen LogP contribution in [-0.2, 0) is 0 Å². The van der Waals surface area contributed by atoms with E-state index in [1.807, 2.05) is 6.26 Å². The number of halogens is 2. The predicted octanol–water partition coefficient (Wildman–Crippen LogP) is 2.32. The highest BCUT2D eigenvalue weighted by molar-refractivity contribution is 7.98. The summed E-state index contributed by atoms with van der Waals surface area (Å²) in [5.41, 5.74) is -0.792. The molecule has 18 heavy (non-hydrogen) atoms. The lowest BCUT2D eigenvalue weighted by Crippen LogP contribution is -2.42. The molecule has 0 fully saturated rings. The Morgan fingerprint density at radius 2 is 2.28 bits per heavy atom. The SMILES string of the molecule is CSC[C@](C)(O)CNC(=O)c1ccc(F)cc1Cl. The van der Waals surface area contributed by atoms with Crippen LogP contribution in [0.5, 0.6) is 0 Å². The summed E-state index contributed by atoms with van der Waals surface area (Å²) in [5, 5.41) is 12.5. The van der Waals surface area contributed by atoms with Crippen LogP contribution in [0.15, 0.2) is 18.2 Å². The monoisotopic (exact) mass is 291 g/mol. The van der Waals surface area contributed by atoms with Gasteiger partial charge in [-0.25, -0.2) is 4.39 Å². The lowest BCUT2D eigenvalue weighted by molar-refractivity contribution is 0.0725. The Kier molecular flexibility index (Phi) is 5.44. The normalized spacial score (nSPS) is 14.1. The molecule has 0 spiro atoms. The van der Waals surface area contributed by atoms with Gasteiger partial charge in [-0.15, -0.1) is 0 Å². The molecule has 1 aromatic carbocycles. The van der Waals surface area contributed by atoms with Crippen LogP contribution in [0.3, 0.4) is 0 Å². The van der Waals surface area contributed by atoms with Gasteiger partial charge in [0.05, 0.1) is 16.2 Å². The number of hydrogen-bond acceptors (Lipinski definition) is 3. The van der Waals surface area contributed by atoms with Crippen LogP contribution in [0.2, 0.25) is 5.02 Å². The lowest BCUT2D eigenvalue weighted by atomic mass is 10.1. The van der Waals surface area contributed by atoms with Crippen molar-refractivity contribution in [1.82, 2.24) is 5.32 Å². The fraction of sp³-hybridized carbons (Fsp3) is 0.417. The van der Waals surface area contributed by atoms with Crippen molar-refractivity contribution in [1.29, 1.82) is 0 Å². The predicted molar refractivity (Wildman–Crippen MR) is 72.7 cm³/mol. The molecule has 0 unspecified atom stereocenters. The first-order valence-corrected chi connectivity index (χ1v) is 7.07. The van der Waals surface area contributed by atoms with Gasteiger partial charge in [0.2, 0.25) is 0 Å². The molecule has 0 radical (unpaired) electrons. The topological polar surface area (TPSA) is 49.3 Å². The first-order valence-electron chi connectivity index (χ1n) is 5.30. The summed E-state index contributed by atoms with van der Waals surface area (Å²) in [6.45, 7) is 1.75. The highest BCUT2D eigenvalue weighted by atomic mass is 35.5. The van der Waals surface area contributed by atoms with Crippen LogP contribution in [0.25, 0.3) is 0 Å². The van der Waals surface area contributed by atoms with E-state index in [9.17, 15) is 14.3 Å². The molecule has 0 aliphatic heterocycles. The number of amides is 1. The van der Waals surface area contributed by atoms with E-state index in [-0.39, 0.29) is 17.1 Å². The zero-order chi connectivity index (χ0) is 13.8. The van der Waals surface area contributed by atoms with Crippen LogP contribution in [-0.4, -0.2) is 35.2 Å². The number of hydrogen-bond donors (Lipinski definition) is 2. The Morgan fingerprint density at radius 1 is 1.61 bits per heavy atom. The van der Waals surface area contributed by atoms with Crippen molar-refractivity contribution in [3.63, 3.8) is 0 Å². The average molecular weight is 292 g/mol. The molecule has 100 valence electrons. The quantitative estimate of drug-likeness (QED) is 0.875. The zero-order valence-corrected chi connectivity index (χ0v) is 11.7. The van der Waals surface area contributed by atoms with Gasteiger partial charge < -0.3 is 10.4 Å². The van der Waals surface area contributed by atoms with E-state index in [0.29, 0.717) is 5.75 Å². The molecule has 1 aromatic rings. The van der Waals surface area contributed by atoms with E-state index >= 15 is 0 Å². The first kappa shape index (κ1) is 15.3. The van der Waals surface area contributed by atoms with Gasteiger partial charge in [-0.1, -0.05) is 11.6 Å². The van der Waals surface area contributed by atoms with E-state index in [1.54, 1.807) is 6.92 Å². The molecule has 6 heteroatoms. The Morgan fingerprint density at radius 3 is 2.83 bits per heavy atom. The Balaban J connectivity index is 2.66. The number of nitrogens with one attached hydrogen (secondary N) is 1. The van der Waals surface area contributed by atoms with E-state index < -0.39 is 17.3 Å². The number of carbonyl (C=O) groups excluding carboxylic acids is 1. The van der Waals surface area contributed by atoms with Gasteiger partial charge in [-0.05, 0) is 31.4 Å². The maximum atomic E-state index is 12.8. The smallest absolute Gasteiger partial charge is 0.252 e. The molecular formula is C12H15ClFNO2S. The zero-order valence-electron chi connectivity index (χ0n) is 10.2. The van der Waals surface area contributed by atoms with Gasteiger partial charge in [0.15, 0.2) is 0 Å². The number of thioether (sulfide) groups is 1. The minimum atomic E-state index is -0.985. The third-order valence-electron chi connectivity index (χ3n) is 2.26. The van der Waals surface area contributed by atoms with Crippen molar-refractivity contribution in [2.75, 3.05) is 18.6 Å². The maximum absolute atomic E-state index is 12.8. The largest absolute Gasteiger partial charge is 0.387 e. The molecule has 0 aliphatic rings. The van der Waals surface area contributed by atoms with Gasteiger partial charge >= 0.3 is 0 Å². The highest BCUT2D eigenvalue weighted by Gasteiger charge is 2.21. The fourth-order valence-electron chi connectivity index (χ4n) is 1.40. The second-order valence-electron chi connectivity index (χ2n) is 4.24. The third-order valence-corrected chi connectivity index (χ3v) is 3.48. The molecule has 0 aliphatic carbocycles. The van der Waals surface area contributed by atoms with Crippen LogP contribution in [0, 0.1) is 5.82 Å². The van der Waals surface area contributed by atoms with Gasteiger partial charge in [0.25, 0.3) is 5.91 Å². The molecular weight excluding hydrogens is 277 g/mol. The number of benzene rings is 1. The molecule has 1 rings (SSSR count). The Labute approximate surface area is 115 Å². The minimum Gasteiger partial charge on any atom is -0.387 e. The Bertz CT molecular complexity index is 440. The molecule has 1 atom stereocenters. The summed E-state index contributed by atoms with van der Waals surface area (Å²) in [7, 11) is 0. The van der Waals surface area contributed by atoms with Crippen LogP contribution in [0.4, 0.5) is 4.39 Å². The van der Waals surface area contributed by atoms with Gasteiger partial charge in [0.1, 0.15) is 5.82 Å². The molecule has 0 heterocycles. The summed E-state index contributed by atoms with van der Waals surface area (Å²) < 4.78 is 12.8. The fourth-order valence-corrected chi connectivity index (χ4v) is 2.38. The molecule has 3 nitrogen and oxygen atoms in total. The van der Waals surface area contributed by atoms with Crippen LogP contribution < -0.4 is 5.32 Å². The van der Waals surface area contributed by atoms with Crippen molar-refractivity contribution in [3.8, 4) is 0 Å². The molecule has 2 N–H and O–H groups in total. The second kappa shape index (κ2) is 6.41. The number of carbonyl (C=O) groups is 1. The minimum absolute atomic E-state index is 0.0528. The summed E-state index contributed by atoms with van der Waals surface area (Å²) >= 11 is 7.25. The Hall–Kier alpha value is -0.780. The summed E-state index contributed by atoms with van der Waals surface area (Å²) in [6.07, 6.45) is 1.87. The van der Waals surface area contributed by atoms with E-state index in [0.717, 1.165) is 6.07 Å². The second-order valence-corrected chi connectivity index (χ2v) is 5.51. The van der Waals surface area contributed by atoms with E-state index in [4.69, 9.17) is 11.6 Å². The van der Waals surface area contributed by atoms with Crippen LogP contribution >= 0.6 is 23.4 Å². The highest BCUT2D eigenvalue weighted by Crippen LogP contribution is 2.17. The summed E-state index contributed by atoms with van der Waals surface area (Å²) in [6, 6.07) is 3.56. The van der Waals surface area contributed by atoms with Gasteiger partial charge in [-0.3, -0.25) is 4.79 Å². The van der Waals surface area contributed by atoms with Gasteiger partial charge in [-0.2, -0.15) is 11.8 Å². The maximum Gasteiger partial charge on any atom is 0.252 e.